The van der Waals surface area contributed by atoms with Gasteiger partial charge in [0.15, 0.2) is 10.9 Å². The van der Waals surface area contributed by atoms with Crippen LogP contribution in [0.15, 0.2) is 65.1 Å². The van der Waals surface area contributed by atoms with Crippen LogP contribution in [-0.2, 0) is 0 Å². The minimum atomic E-state index is -0.545. The molecule has 1 aliphatic rings. The van der Waals surface area contributed by atoms with Crippen molar-refractivity contribution in [2.45, 2.75) is 32.2 Å². The molecule has 4 rings (SSSR count). The summed E-state index contributed by atoms with van der Waals surface area (Å²) >= 11 is 5.26. The van der Waals surface area contributed by atoms with E-state index in [9.17, 15) is 14.9 Å². The predicted molar refractivity (Wildman–Crippen MR) is 132 cm³/mol. The van der Waals surface area contributed by atoms with Gasteiger partial charge in [-0.05, 0) is 80.9 Å². The fourth-order valence-electron chi connectivity index (χ4n) is 3.99. The Bertz CT molecular complexity index is 1180. The number of para-hydroxylation sites is 1. The molecule has 2 N–H and O–H groups in total. The van der Waals surface area contributed by atoms with Crippen LogP contribution in [0.1, 0.15) is 36.7 Å². The molecule has 1 fully saturated rings. The quantitative estimate of drug-likeness (QED) is 0.298. The van der Waals surface area contributed by atoms with E-state index < -0.39 is 10.8 Å². The third-order valence-corrected chi connectivity index (χ3v) is 5.89. The summed E-state index contributed by atoms with van der Waals surface area (Å²) in [5.41, 5.74) is 2.12. The highest BCUT2D eigenvalue weighted by atomic mass is 32.1. The van der Waals surface area contributed by atoms with Crippen LogP contribution in [0.5, 0.6) is 0 Å². The van der Waals surface area contributed by atoms with Gasteiger partial charge < -0.3 is 14.6 Å². The number of amides is 1. The third-order valence-electron chi connectivity index (χ3n) is 5.68. The zero-order chi connectivity index (χ0) is 23.4. The van der Waals surface area contributed by atoms with E-state index in [0.29, 0.717) is 11.6 Å². The van der Waals surface area contributed by atoms with E-state index >= 15 is 0 Å². The number of hydrogen-bond acceptors (Lipinski definition) is 6. The highest BCUT2D eigenvalue weighted by molar-refractivity contribution is 7.80. The Morgan fingerprint density at radius 1 is 1.12 bits per heavy atom. The average molecular weight is 465 g/mol. The molecule has 1 saturated heterocycles. The van der Waals surface area contributed by atoms with Crippen molar-refractivity contribution in [1.29, 1.82) is 0 Å². The summed E-state index contributed by atoms with van der Waals surface area (Å²) in [6.45, 7) is 3.30. The first-order chi connectivity index (χ1) is 15.9. The number of thiocarbonyl (C=S) groups is 1. The summed E-state index contributed by atoms with van der Waals surface area (Å²) in [6.07, 6.45) is 3.67. The van der Waals surface area contributed by atoms with Crippen molar-refractivity contribution in [2.75, 3.05) is 16.8 Å². The molecule has 9 heteroatoms. The van der Waals surface area contributed by atoms with Crippen LogP contribution in [-0.4, -0.2) is 28.5 Å². The van der Waals surface area contributed by atoms with Crippen LogP contribution in [0.25, 0.3) is 11.3 Å². The second-order valence-electron chi connectivity index (χ2n) is 7.93. The smallest absolute Gasteiger partial charge is 0.293 e. The number of carbonyl (C=O) groups is 1. The fraction of sp³-hybridized carbons (Fsp3) is 0.250. The molecule has 1 aliphatic heterocycles. The maximum atomic E-state index is 12.5. The molecule has 0 bridgehead atoms. The number of furan rings is 1. The molecule has 0 aliphatic carbocycles. The lowest BCUT2D eigenvalue weighted by Crippen LogP contribution is -2.37. The molecule has 8 nitrogen and oxygen atoms in total. The first-order valence-corrected chi connectivity index (χ1v) is 11.2. The standard InChI is InChI=1S/C24H24N4O4S/c1-16-6-4-5-15-27(16)18-11-9-17(10-12-18)25-24(33)26-23(29)22-14-13-21(32-22)19-7-2-3-8-20(19)28(30)31/h2-3,7-14,16H,4-6,15H2,1H3,(H2,25,26,29,33)/t16-/m0/s1. The van der Waals surface area contributed by atoms with E-state index in [1.807, 2.05) is 24.3 Å². The largest absolute Gasteiger partial charge is 0.451 e. The Balaban J connectivity index is 1.38. The Hall–Kier alpha value is -3.72. The number of rotatable bonds is 5. The summed E-state index contributed by atoms with van der Waals surface area (Å²) in [7, 11) is 0. The van der Waals surface area contributed by atoms with Crippen molar-refractivity contribution >= 4 is 40.3 Å². The minimum Gasteiger partial charge on any atom is -0.451 e. The average Bonchev–Trinajstić information content (AvgIpc) is 3.30. The molecular formula is C24H24N4O4S. The van der Waals surface area contributed by atoms with Gasteiger partial charge in [-0.2, -0.15) is 0 Å². The van der Waals surface area contributed by atoms with Crippen LogP contribution < -0.4 is 15.5 Å². The maximum Gasteiger partial charge on any atom is 0.293 e. The second-order valence-corrected chi connectivity index (χ2v) is 8.34. The Morgan fingerprint density at radius 2 is 1.88 bits per heavy atom. The van der Waals surface area contributed by atoms with Crippen molar-refractivity contribution < 1.29 is 14.1 Å². The number of carbonyl (C=O) groups excluding carboxylic acids is 1. The number of piperidine rings is 1. The van der Waals surface area contributed by atoms with E-state index in [4.69, 9.17) is 16.6 Å². The zero-order valence-corrected chi connectivity index (χ0v) is 18.9. The van der Waals surface area contributed by atoms with E-state index in [0.717, 1.165) is 12.2 Å². The van der Waals surface area contributed by atoms with Gasteiger partial charge in [0.25, 0.3) is 11.6 Å². The van der Waals surface area contributed by atoms with Crippen molar-refractivity contribution in [3.63, 3.8) is 0 Å². The lowest BCUT2D eigenvalue weighted by atomic mass is 10.0. The minimum absolute atomic E-state index is 0.00161. The summed E-state index contributed by atoms with van der Waals surface area (Å²) in [5.74, 6) is -0.313. The number of nitro groups is 1. The lowest BCUT2D eigenvalue weighted by Gasteiger charge is -2.35. The molecule has 1 amide bonds. The van der Waals surface area contributed by atoms with Crippen LogP contribution >= 0.6 is 12.2 Å². The molecule has 0 unspecified atom stereocenters. The van der Waals surface area contributed by atoms with Crippen molar-refractivity contribution in [1.82, 2.24) is 5.32 Å². The maximum absolute atomic E-state index is 12.5. The second kappa shape index (κ2) is 9.83. The van der Waals surface area contributed by atoms with Gasteiger partial charge in [-0.25, -0.2) is 0 Å². The van der Waals surface area contributed by atoms with Crippen molar-refractivity contribution in [3.8, 4) is 11.3 Å². The lowest BCUT2D eigenvalue weighted by molar-refractivity contribution is -0.384. The van der Waals surface area contributed by atoms with Crippen molar-refractivity contribution in [2.24, 2.45) is 0 Å². The summed E-state index contributed by atoms with van der Waals surface area (Å²) in [5, 5.41) is 16.9. The number of benzene rings is 2. The molecule has 1 aromatic heterocycles. The molecule has 1 atom stereocenters. The number of nitro benzene ring substituents is 1. The number of anilines is 2. The molecule has 0 radical (unpaired) electrons. The highest BCUT2D eigenvalue weighted by Gasteiger charge is 2.20. The SMILES string of the molecule is C[C@H]1CCCCN1c1ccc(NC(=S)NC(=O)c2ccc(-c3ccccc3[N+](=O)[O-])o2)cc1. The van der Waals surface area contributed by atoms with Crippen molar-refractivity contribution in [3.05, 3.63) is 76.5 Å². The third kappa shape index (κ3) is 5.20. The van der Waals surface area contributed by atoms with Crippen LogP contribution in [0.2, 0.25) is 0 Å². The molecule has 2 heterocycles. The van der Waals surface area contributed by atoms with E-state index in [1.54, 1.807) is 18.2 Å². The summed E-state index contributed by atoms with van der Waals surface area (Å²) in [6, 6.07) is 17.6. The van der Waals surface area contributed by atoms with E-state index in [1.165, 1.54) is 43.1 Å². The fourth-order valence-corrected chi connectivity index (χ4v) is 4.20. The van der Waals surface area contributed by atoms with Crippen LogP contribution in [0.3, 0.4) is 0 Å². The highest BCUT2D eigenvalue weighted by Crippen LogP contribution is 2.31. The van der Waals surface area contributed by atoms with Gasteiger partial charge >= 0.3 is 0 Å². The van der Waals surface area contributed by atoms with E-state index in [2.05, 4.69) is 22.5 Å². The molecule has 170 valence electrons. The number of nitrogens with one attached hydrogen (secondary N) is 2. The topological polar surface area (TPSA) is 101 Å². The first-order valence-electron chi connectivity index (χ1n) is 10.7. The normalized spacial score (nSPS) is 15.7. The van der Waals surface area contributed by atoms with Gasteiger partial charge in [-0.15, -0.1) is 0 Å². The first kappa shape index (κ1) is 22.5. The molecular weight excluding hydrogens is 440 g/mol. The molecule has 0 spiro atoms. The predicted octanol–water partition coefficient (Wildman–Crippen LogP) is 5.36. The van der Waals surface area contributed by atoms with Gasteiger partial charge in [-0.3, -0.25) is 20.2 Å². The van der Waals surface area contributed by atoms with Gasteiger partial charge in [0.1, 0.15) is 5.76 Å². The van der Waals surface area contributed by atoms with Gasteiger partial charge in [0.2, 0.25) is 0 Å². The molecule has 2 aromatic carbocycles. The van der Waals surface area contributed by atoms with Crippen LogP contribution in [0, 0.1) is 10.1 Å². The Morgan fingerprint density at radius 3 is 2.61 bits per heavy atom. The zero-order valence-electron chi connectivity index (χ0n) is 18.1. The molecule has 0 saturated carbocycles. The summed E-state index contributed by atoms with van der Waals surface area (Å²) < 4.78 is 5.56. The van der Waals surface area contributed by atoms with Crippen LogP contribution in [0.4, 0.5) is 17.1 Å². The molecule has 3 aromatic rings. The summed E-state index contributed by atoms with van der Waals surface area (Å²) in [4.78, 5) is 25.7. The number of hydrogen-bond donors (Lipinski definition) is 2. The Kier molecular flexibility index (Phi) is 6.69. The molecule has 33 heavy (non-hydrogen) atoms. The van der Waals surface area contributed by atoms with Gasteiger partial charge in [0, 0.05) is 30.0 Å². The Labute approximate surface area is 196 Å². The van der Waals surface area contributed by atoms with E-state index in [-0.39, 0.29) is 22.3 Å². The number of nitrogens with zero attached hydrogens (tertiary/aromatic N) is 2. The van der Waals surface area contributed by atoms with Gasteiger partial charge in [-0.1, -0.05) is 12.1 Å². The monoisotopic (exact) mass is 464 g/mol. The van der Waals surface area contributed by atoms with Gasteiger partial charge in [0.05, 0.1) is 10.5 Å².